The molecule has 0 N–H and O–H groups in total. The Hall–Kier alpha value is -4.80. The fourth-order valence-electron chi connectivity index (χ4n) is 5.59. The van der Waals surface area contributed by atoms with Gasteiger partial charge in [0.2, 0.25) is 0 Å². The van der Waals surface area contributed by atoms with Gasteiger partial charge in [-0.15, -0.1) is 0 Å². The van der Waals surface area contributed by atoms with Crippen LogP contribution in [0.15, 0.2) is 84.9 Å². The first-order valence-corrected chi connectivity index (χ1v) is 15.7. The monoisotopic (exact) mass is 625 g/mol. The largest absolute Gasteiger partial charge is 0.494 e. The Kier molecular flexibility index (Phi) is 10.2. The molecule has 0 radical (unpaired) electrons. The third-order valence-electron chi connectivity index (χ3n) is 7.94. The van der Waals surface area contributed by atoms with Crippen LogP contribution in [-0.2, 0) is 22.7 Å². The minimum absolute atomic E-state index is 0.171. The minimum Gasteiger partial charge on any atom is -0.494 e. The van der Waals surface area contributed by atoms with Crippen molar-refractivity contribution < 1.29 is 33.3 Å². The van der Waals surface area contributed by atoms with Gasteiger partial charge in [0.05, 0.1) is 33.0 Å². The molecule has 2 fully saturated rings. The van der Waals surface area contributed by atoms with Crippen molar-refractivity contribution in [2.24, 2.45) is 0 Å². The highest BCUT2D eigenvalue weighted by atomic mass is 16.5. The summed E-state index contributed by atoms with van der Waals surface area (Å²) in [5.41, 5.74) is 2.88. The Morgan fingerprint density at radius 3 is 1.46 bits per heavy atom. The molecule has 0 unspecified atom stereocenters. The van der Waals surface area contributed by atoms with E-state index in [9.17, 15) is 9.59 Å². The molecule has 2 amide bonds. The van der Waals surface area contributed by atoms with E-state index in [2.05, 4.69) is 0 Å². The molecule has 2 saturated heterocycles. The molecule has 1 aromatic heterocycles. The number of rotatable bonds is 11. The number of aromatic nitrogens is 1. The molecule has 240 valence electrons. The Bertz CT molecular complexity index is 1500. The number of nitrogens with zero attached hydrogens (tertiary/aromatic N) is 3. The highest BCUT2D eigenvalue weighted by molar-refractivity contribution is 6.04. The van der Waals surface area contributed by atoms with Gasteiger partial charge in [0.25, 0.3) is 11.8 Å². The van der Waals surface area contributed by atoms with E-state index in [0.717, 1.165) is 11.1 Å². The maximum Gasteiger partial charge on any atom is 0.275 e. The summed E-state index contributed by atoms with van der Waals surface area (Å²) in [4.78, 5) is 32.6. The lowest BCUT2D eigenvalue weighted by molar-refractivity contribution is 0.0287. The molecular formula is C36H39N3O7. The molecular weight excluding hydrogens is 586 g/mol. The number of morpholine rings is 2. The molecule has 10 nitrogen and oxygen atoms in total. The first kappa shape index (κ1) is 31.2. The van der Waals surface area contributed by atoms with Crippen molar-refractivity contribution in [3.05, 3.63) is 107 Å². The third-order valence-corrected chi connectivity index (χ3v) is 7.94. The predicted octanol–water partition coefficient (Wildman–Crippen LogP) is 4.98. The molecule has 4 aromatic rings. The number of hydrogen-bond donors (Lipinski definition) is 0. The first-order chi connectivity index (χ1) is 22.6. The van der Waals surface area contributed by atoms with Crippen molar-refractivity contribution in [3.8, 4) is 22.9 Å². The number of ether oxygens (including phenoxy) is 5. The van der Waals surface area contributed by atoms with Gasteiger partial charge in [0, 0.05) is 31.9 Å². The van der Waals surface area contributed by atoms with Gasteiger partial charge < -0.3 is 33.5 Å². The van der Waals surface area contributed by atoms with Crippen LogP contribution < -0.4 is 14.2 Å². The van der Waals surface area contributed by atoms with Crippen molar-refractivity contribution in [3.63, 3.8) is 0 Å². The van der Waals surface area contributed by atoms with E-state index in [1.807, 2.05) is 91.9 Å². The fourth-order valence-corrected chi connectivity index (χ4v) is 5.59. The van der Waals surface area contributed by atoms with Crippen LogP contribution in [0.2, 0.25) is 0 Å². The van der Waals surface area contributed by atoms with Crippen LogP contribution in [0.4, 0.5) is 0 Å². The predicted molar refractivity (Wildman–Crippen MR) is 172 cm³/mol. The summed E-state index contributed by atoms with van der Waals surface area (Å²) < 4.78 is 31.6. The van der Waals surface area contributed by atoms with E-state index < -0.39 is 0 Å². The van der Waals surface area contributed by atoms with Crippen molar-refractivity contribution in [1.29, 1.82) is 0 Å². The zero-order valence-corrected chi connectivity index (χ0v) is 26.1. The van der Waals surface area contributed by atoms with E-state index >= 15 is 0 Å². The molecule has 0 spiro atoms. The van der Waals surface area contributed by atoms with E-state index in [4.69, 9.17) is 23.7 Å². The zero-order chi connectivity index (χ0) is 31.7. The highest BCUT2D eigenvalue weighted by Crippen LogP contribution is 2.43. The Labute approximate surface area is 269 Å². The van der Waals surface area contributed by atoms with E-state index in [1.54, 1.807) is 14.4 Å². The van der Waals surface area contributed by atoms with Crippen molar-refractivity contribution in [2.45, 2.75) is 20.1 Å². The van der Waals surface area contributed by atoms with Crippen molar-refractivity contribution >= 4 is 11.8 Å². The summed E-state index contributed by atoms with van der Waals surface area (Å²) in [7, 11) is 0. The summed E-state index contributed by atoms with van der Waals surface area (Å²) in [5.74, 6) is 0.585. The fraction of sp³-hybridized carbons (Fsp3) is 0.333. The summed E-state index contributed by atoms with van der Waals surface area (Å²) in [6.45, 7) is 6.13. The molecule has 0 bridgehead atoms. The molecule has 0 saturated carbocycles. The lowest BCUT2D eigenvalue weighted by Gasteiger charge is -2.29. The minimum atomic E-state index is -0.272. The Morgan fingerprint density at radius 2 is 1.04 bits per heavy atom. The van der Waals surface area contributed by atoms with Gasteiger partial charge in [-0.3, -0.25) is 14.2 Å². The summed E-state index contributed by atoms with van der Waals surface area (Å²) in [5, 5.41) is 0. The number of carbonyl (C=O) groups excluding carboxylic acids is 2. The molecule has 3 heterocycles. The second-order valence-corrected chi connectivity index (χ2v) is 11.0. The lowest BCUT2D eigenvalue weighted by atomic mass is 10.2. The molecule has 2 aliphatic rings. The number of benzene rings is 3. The molecule has 46 heavy (non-hydrogen) atoms. The first-order valence-electron chi connectivity index (χ1n) is 15.7. The van der Waals surface area contributed by atoms with Crippen LogP contribution in [0.3, 0.4) is 0 Å². The van der Waals surface area contributed by atoms with Crippen molar-refractivity contribution in [2.75, 3.05) is 59.2 Å². The standard InChI is InChI=1S/C36H39N3O7/c1-2-44-30-15-13-29(14-16-30)39-31(35(40)37-17-21-42-22-18-37)33(45-25-27-9-5-3-6-10-27)34(46-26-28-11-7-4-8-12-28)32(39)36(41)38-19-23-43-24-20-38/h3-16H,2,17-26H2,1H3. The van der Waals surface area contributed by atoms with Crippen LogP contribution >= 0.6 is 0 Å². The lowest BCUT2D eigenvalue weighted by Crippen LogP contribution is -2.43. The maximum atomic E-state index is 14.6. The number of carbonyl (C=O) groups is 2. The summed E-state index contributed by atoms with van der Waals surface area (Å²) in [6, 6.07) is 26.8. The second kappa shape index (κ2) is 15.0. The number of amides is 2. The van der Waals surface area contributed by atoms with Gasteiger partial charge in [-0.1, -0.05) is 60.7 Å². The Balaban J connectivity index is 1.56. The van der Waals surface area contributed by atoms with Crippen molar-refractivity contribution in [1.82, 2.24) is 14.4 Å². The van der Waals surface area contributed by atoms with Gasteiger partial charge >= 0.3 is 0 Å². The van der Waals surface area contributed by atoms with E-state index in [0.29, 0.717) is 70.7 Å². The van der Waals surface area contributed by atoms with Gasteiger partial charge in [-0.25, -0.2) is 0 Å². The van der Waals surface area contributed by atoms with E-state index in [-0.39, 0.29) is 47.9 Å². The average Bonchev–Trinajstić information content (AvgIpc) is 3.45. The van der Waals surface area contributed by atoms with Gasteiger partial charge in [-0.05, 0) is 42.3 Å². The highest BCUT2D eigenvalue weighted by Gasteiger charge is 2.38. The van der Waals surface area contributed by atoms with Gasteiger partial charge in [0.1, 0.15) is 19.0 Å². The van der Waals surface area contributed by atoms with E-state index in [1.165, 1.54) is 0 Å². The average molecular weight is 626 g/mol. The summed E-state index contributed by atoms with van der Waals surface area (Å²) >= 11 is 0. The summed E-state index contributed by atoms with van der Waals surface area (Å²) in [6.07, 6.45) is 0. The third kappa shape index (κ3) is 7.03. The molecule has 0 aliphatic carbocycles. The molecule has 6 rings (SSSR count). The van der Waals surface area contributed by atoms with Crippen LogP contribution in [0.25, 0.3) is 5.69 Å². The van der Waals surface area contributed by atoms with Gasteiger partial charge in [0.15, 0.2) is 22.9 Å². The topological polar surface area (TPSA) is 91.7 Å². The van der Waals surface area contributed by atoms with Gasteiger partial charge in [-0.2, -0.15) is 0 Å². The normalized spacial score (nSPS) is 15.0. The van der Waals surface area contributed by atoms with Crippen LogP contribution in [0.5, 0.6) is 17.2 Å². The molecule has 3 aromatic carbocycles. The Morgan fingerprint density at radius 1 is 0.609 bits per heavy atom. The molecule has 2 aliphatic heterocycles. The van der Waals surface area contributed by atoms with Crippen LogP contribution in [0, 0.1) is 0 Å². The van der Waals surface area contributed by atoms with Crippen LogP contribution in [0.1, 0.15) is 39.0 Å². The maximum absolute atomic E-state index is 14.6. The smallest absolute Gasteiger partial charge is 0.275 e. The SMILES string of the molecule is CCOc1ccc(-n2c(C(=O)N3CCOCC3)c(OCc3ccccc3)c(OCc3ccccc3)c2C(=O)N2CCOCC2)cc1. The quantitative estimate of drug-likeness (QED) is 0.232. The number of hydrogen-bond acceptors (Lipinski definition) is 7. The van der Waals surface area contributed by atoms with Crippen LogP contribution in [-0.4, -0.2) is 85.4 Å². The molecule has 10 heteroatoms. The zero-order valence-electron chi connectivity index (χ0n) is 26.1. The second-order valence-electron chi connectivity index (χ2n) is 11.0. The molecule has 0 atom stereocenters.